The van der Waals surface area contributed by atoms with Gasteiger partial charge in [0, 0.05) is 10.6 Å². The first-order valence-electron chi connectivity index (χ1n) is 5.78. The monoisotopic (exact) mass is 294 g/mol. The van der Waals surface area contributed by atoms with Gasteiger partial charge in [-0.1, -0.05) is 12.1 Å². The van der Waals surface area contributed by atoms with Crippen LogP contribution in [-0.4, -0.2) is 11.7 Å². The molecule has 0 aliphatic heterocycles. The van der Waals surface area contributed by atoms with Crippen LogP contribution in [0.4, 0.5) is 20.2 Å². The summed E-state index contributed by atoms with van der Waals surface area (Å²) in [6, 6.07) is 9.88. The fourth-order valence-corrected chi connectivity index (χ4v) is 2.29. The summed E-state index contributed by atoms with van der Waals surface area (Å²) in [5, 5.41) is 2.46. The maximum absolute atomic E-state index is 13.3. The molecule has 0 saturated heterocycles. The quantitative estimate of drug-likeness (QED) is 0.672. The van der Waals surface area contributed by atoms with Gasteiger partial charge in [0.05, 0.1) is 11.4 Å². The van der Waals surface area contributed by atoms with E-state index in [0.717, 1.165) is 11.8 Å². The second-order valence-corrected chi connectivity index (χ2v) is 5.02. The lowest BCUT2D eigenvalue weighted by Gasteiger charge is -2.07. The van der Waals surface area contributed by atoms with E-state index in [0.29, 0.717) is 4.90 Å². The molecular weight excluding hydrogens is 282 g/mol. The summed E-state index contributed by atoms with van der Waals surface area (Å²) in [4.78, 5) is 12.3. The van der Waals surface area contributed by atoms with Crippen molar-refractivity contribution in [1.82, 2.24) is 0 Å². The Hall–Kier alpha value is -2.08. The molecule has 0 aromatic heterocycles. The number of amides is 1. The van der Waals surface area contributed by atoms with Crippen molar-refractivity contribution >= 4 is 29.0 Å². The van der Waals surface area contributed by atoms with Crippen molar-refractivity contribution in [2.45, 2.75) is 4.90 Å². The molecular formula is C14H12F2N2OS. The highest BCUT2D eigenvalue weighted by atomic mass is 32.2. The van der Waals surface area contributed by atoms with Crippen molar-refractivity contribution in [1.29, 1.82) is 0 Å². The van der Waals surface area contributed by atoms with Crippen LogP contribution >= 0.6 is 11.8 Å². The number of carbonyl (C=O) groups is 1. The van der Waals surface area contributed by atoms with Gasteiger partial charge in [-0.25, -0.2) is 8.78 Å². The Kier molecular flexibility index (Phi) is 4.57. The lowest BCUT2D eigenvalue weighted by molar-refractivity contribution is -0.113. The van der Waals surface area contributed by atoms with Crippen molar-refractivity contribution < 1.29 is 13.6 Å². The molecule has 1 amide bonds. The van der Waals surface area contributed by atoms with E-state index in [2.05, 4.69) is 5.32 Å². The van der Waals surface area contributed by atoms with Crippen LogP contribution in [0.1, 0.15) is 0 Å². The molecule has 0 aliphatic carbocycles. The van der Waals surface area contributed by atoms with Gasteiger partial charge >= 0.3 is 0 Å². The third kappa shape index (κ3) is 3.71. The Bertz CT molecular complexity index is 634. The molecule has 0 bridgehead atoms. The number of benzene rings is 2. The Morgan fingerprint density at radius 3 is 2.65 bits per heavy atom. The number of halogens is 2. The van der Waals surface area contributed by atoms with E-state index >= 15 is 0 Å². The van der Waals surface area contributed by atoms with Crippen molar-refractivity contribution in [3.63, 3.8) is 0 Å². The van der Waals surface area contributed by atoms with Crippen molar-refractivity contribution in [3.05, 3.63) is 54.1 Å². The molecule has 20 heavy (non-hydrogen) atoms. The number of hydrogen-bond acceptors (Lipinski definition) is 3. The molecule has 0 unspecified atom stereocenters. The molecule has 2 rings (SSSR count). The first-order valence-corrected chi connectivity index (χ1v) is 6.77. The SMILES string of the molecule is Nc1cc(F)ccc1SCC(=O)Nc1ccccc1F. The van der Waals surface area contributed by atoms with Gasteiger partial charge in [-0.3, -0.25) is 4.79 Å². The van der Waals surface area contributed by atoms with Gasteiger partial charge in [-0.15, -0.1) is 11.8 Å². The predicted octanol–water partition coefficient (Wildman–Crippen LogP) is 3.28. The summed E-state index contributed by atoms with van der Waals surface area (Å²) in [6.45, 7) is 0. The third-order valence-electron chi connectivity index (χ3n) is 2.48. The van der Waals surface area contributed by atoms with Crippen molar-refractivity contribution in [3.8, 4) is 0 Å². The first-order chi connectivity index (χ1) is 9.56. The van der Waals surface area contributed by atoms with Crippen molar-refractivity contribution in [2.75, 3.05) is 16.8 Å². The Labute approximate surface area is 119 Å². The normalized spacial score (nSPS) is 10.3. The Balaban J connectivity index is 1.94. The van der Waals surface area contributed by atoms with Crippen LogP contribution in [0, 0.1) is 11.6 Å². The second kappa shape index (κ2) is 6.38. The van der Waals surface area contributed by atoms with Gasteiger partial charge in [-0.05, 0) is 30.3 Å². The molecule has 104 valence electrons. The molecule has 0 heterocycles. The fraction of sp³-hybridized carbons (Fsp3) is 0.0714. The summed E-state index contributed by atoms with van der Waals surface area (Å²) in [6.07, 6.45) is 0. The summed E-state index contributed by atoms with van der Waals surface area (Å²) >= 11 is 1.16. The van der Waals surface area contributed by atoms with Gasteiger partial charge in [0.1, 0.15) is 11.6 Å². The van der Waals surface area contributed by atoms with Crippen LogP contribution in [-0.2, 0) is 4.79 Å². The number of rotatable bonds is 4. The van der Waals surface area contributed by atoms with E-state index in [1.54, 1.807) is 12.1 Å². The van der Waals surface area contributed by atoms with Crippen LogP contribution in [0.3, 0.4) is 0 Å². The molecule has 2 aromatic carbocycles. The Morgan fingerprint density at radius 2 is 1.95 bits per heavy atom. The minimum Gasteiger partial charge on any atom is -0.398 e. The lowest BCUT2D eigenvalue weighted by atomic mass is 10.3. The molecule has 3 N–H and O–H groups in total. The van der Waals surface area contributed by atoms with Crippen molar-refractivity contribution in [2.24, 2.45) is 0 Å². The molecule has 3 nitrogen and oxygen atoms in total. The molecule has 6 heteroatoms. The smallest absolute Gasteiger partial charge is 0.234 e. The molecule has 0 fully saturated rings. The molecule has 0 aliphatic rings. The summed E-state index contributed by atoms with van der Waals surface area (Å²) in [5.41, 5.74) is 6.03. The standard InChI is InChI=1S/C14H12F2N2OS/c15-9-5-6-13(11(17)7-9)20-8-14(19)18-12-4-2-1-3-10(12)16/h1-7H,8,17H2,(H,18,19). The molecule has 0 saturated carbocycles. The van der Waals surface area contributed by atoms with Crippen LogP contribution in [0.2, 0.25) is 0 Å². The average molecular weight is 294 g/mol. The molecule has 0 atom stereocenters. The van der Waals surface area contributed by atoms with Gasteiger partial charge in [0.2, 0.25) is 5.91 Å². The topological polar surface area (TPSA) is 55.1 Å². The second-order valence-electron chi connectivity index (χ2n) is 4.00. The number of nitrogens with two attached hydrogens (primary N) is 1. The zero-order chi connectivity index (χ0) is 14.5. The fourth-order valence-electron chi connectivity index (χ4n) is 1.54. The molecule has 2 aromatic rings. The Morgan fingerprint density at radius 1 is 1.20 bits per heavy atom. The number of anilines is 2. The van der Waals surface area contributed by atoms with E-state index in [-0.39, 0.29) is 23.0 Å². The number of hydrogen-bond donors (Lipinski definition) is 2. The molecule has 0 radical (unpaired) electrons. The van der Waals surface area contributed by atoms with E-state index in [1.165, 1.54) is 30.3 Å². The number of carbonyl (C=O) groups excluding carboxylic acids is 1. The van der Waals surface area contributed by atoms with Gasteiger partial charge in [0.25, 0.3) is 0 Å². The lowest BCUT2D eigenvalue weighted by Crippen LogP contribution is -2.15. The van der Waals surface area contributed by atoms with Gasteiger partial charge < -0.3 is 11.1 Å². The highest BCUT2D eigenvalue weighted by Crippen LogP contribution is 2.25. The zero-order valence-electron chi connectivity index (χ0n) is 10.4. The zero-order valence-corrected chi connectivity index (χ0v) is 11.2. The number of nitrogens with one attached hydrogen (secondary N) is 1. The number of nitrogen functional groups attached to an aromatic ring is 1. The summed E-state index contributed by atoms with van der Waals surface area (Å²) in [5.74, 6) is -1.22. The van der Waals surface area contributed by atoms with Crippen LogP contribution in [0.25, 0.3) is 0 Å². The minimum atomic E-state index is -0.493. The number of thioether (sulfide) groups is 1. The van der Waals surface area contributed by atoms with E-state index in [9.17, 15) is 13.6 Å². The van der Waals surface area contributed by atoms with E-state index in [1.807, 2.05) is 0 Å². The minimum absolute atomic E-state index is 0.0597. The predicted molar refractivity (Wildman–Crippen MR) is 76.6 cm³/mol. The average Bonchev–Trinajstić information content (AvgIpc) is 2.40. The van der Waals surface area contributed by atoms with Crippen LogP contribution in [0.5, 0.6) is 0 Å². The van der Waals surface area contributed by atoms with Gasteiger partial charge in [-0.2, -0.15) is 0 Å². The number of para-hydroxylation sites is 1. The van der Waals surface area contributed by atoms with E-state index in [4.69, 9.17) is 5.73 Å². The summed E-state index contributed by atoms with van der Waals surface area (Å²) < 4.78 is 26.2. The highest BCUT2D eigenvalue weighted by molar-refractivity contribution is 8.00. The van der Waals surface area contributed by atoms with E-state index < -0.39 is 11.6 Å². The third-order valence-corrected chi connectivity index (χ3v) is 3.57. The first kappa shape index (κ1) is 14.3. The maximum Gasteiger partial charge on any atom is 0.234 e. The summed E-state index contributed by atoms with van der Waals surface area (Å²) in [7, 11) is 0. The molecule has 0 spiro atoms. The largest absolute Gasteiger partial charge is 0.398 e. The highest BCUT2D eigenvalue weighted by Gasteiger charge is 2.08. The van der Waals surface area contributed by atoms with Crippen LogP contribution in [0.15, 0.2) is 47.4 Å². The maximum atomic E-state index is 13.3. The van der Waals surface area contributed by atoms with Crippen LogP contribution < -0.4 is 11.1 Å². The van der Waals surface area contributed by atoms with Gasteiger partial charge in [0.15, 0.2) is 0 Å².